The van der Waals surface area contributed by atoms with Gasteiger partial charge in [-0.05, 0) is 64.3 Å². The lowest BCUT2D eigenvalue weighted by atomic mass is 10.0. The molecule has 1 aromatic rings. The molecule has 0 bridgehead atoms. The van der Waals surface area contributed by atoms with E-state index in [2.05, 4.69) is 17.0 Å². The summed E-state index contributed by atoms with van der Waals surface area (Å²) in [6.45, 7) is 12.4. The first-order chi connectivity index (χ1) is 9.63. The van der Waals surface area contributed by atoms with Gasteiger partial charge < -0.3 is 5.32 Å². The summed E-state index contributed by atoms with van der Waals surface area (Å²) in [6, 6.07) is 3.77. The van der Waals surface area contributed by atoms with Crippen molar-refractivity contribution < 1.29 is 8.42 Å². The van der Waals surface area contributed by atoms with Crippen LogP contribution in [0.3, 0.4) is 0 Å². The third-order valence-electron chi connectivity index (χ3n) is 3.40. The number of hydrogen-bond donors (Lipinski definition) is 2. The van der Waals surface area contributed by atoms with E-state index in [1.807, 2.05) is 46.8 Å². The Hall–Kier alpha value is -1.07. The summed E-state index contributed by atoms with van der Waals surface area (Å²) in [4.78, 5) is 0.397. The van der Waals surface area contributed by atoms with Crippen molar-refractivity contribution in [2.24, 2.45) is 0 Å². The van der Waals surface area contributed by atoms with Crippen molar-refractivity contribution in [2.75, 3.05) is 11.9 Å². The van der Waals surface area contributed by atoms with E-state index in [0.29, 0.717) is 4.90 Å². The molecule has 0 fully saturated rings. The number of anilines is 1. The van der Waals surface area contributed by atoms with Crippen molar-refractivity contribution >= 4 is 15.7 Å². The lowest BCUT2D eigenvalue weighted by Crippen LogP contribution is -2.43. The SMILES string of the molecule is CCCC(C)(C)NS(=O)(=O)c1c(C)cc(NCC)cc1C. The Morgan fingerprint density at radius 1 is 1.10 bits per heavy atom. The van der Waals surface area contributed by atoms with E-state index < -0.39 is 15.6 Å². The molecule has 0 aromatic heterocycles. The molecule has 0 aliphatic rings. The van der Waals surface area contributed by atoms with E-state index >= 15 is 0 Å². The highest BCUT2D eigenvalue weighted by molar-refractivity contribution is 7.89. The van der Waals surface area contributed by atoms with Crippen LogP contribution in [0.4, 0.5) is 5.69 Å². The maximum absolute atomic E-state index is 12.7. The lowest BCUT2D eigenvalue weighted by Gasteiger charge is -2.26. The van der Waals surface area contributed by atoms with Crippen molar-refractivity contribution in [1.29, 1.82) is 0 Å². The predicted octanol–water partition coefficient (Wildman–Crippen LogP) is 3.59. The Kier molecular flexibility index (Phi) is 5.82. The topological polar surface area (TPSA) is 58.2 Å². The molecule has 0 radical (unpaired) electrons. The second-order valence-electron chi connectivity index (χ2n) is 6.21. The number of sulfonamides is 1. The van der Waals surface area contributed by atoms with Gasteiger partial charge in [-0.15, -0.1) is 0 Å². The van der Waals surface area contributed by atoms with E-state index in [1.165, 1.54) is 0 Å². The molecular formula is C16H28N2O2S. The second kappa shape index (κ2) is 6.79. The largest absolute Gasteiger partial charge is 0.385 e. The zero-order chi connectivity index (χ0) is 16.3. The lowest BCUT2D eigenvalue weighted by molar-refractivity contribution is 0.417. The molecule has 5 heteroatoms. The first-order valence-electron chi connectivity index (χ1n) is 7.52. The van der Waals surface area contributed by atoms with Crippen LogP contribution in [-0.4, -0.2) is 20.5 Å². The molecule has 0 heterocycles. The number of rotatable bonds is 7. The molecule has 0 unspecified atom stereocenters. The fraction of sp³-hybridized carbons (Fsp3) is 0.625. The van der Waals surface area contributed by atoms with Gasteiger partial charge >= 0.3 is 0 Å². The summed E-state index contributed by atoms with van der Waals surface area (Å²) in [7, 11) is -3.51. The molecule has 0 aliphatic carbocycles. The molecule has 1 rings (SSSR count). The molecule has 0 amide bonds. The van der Waals surface area contributed by atoms with Gasteiger partial charge in [-0.1, -0.05) is 13.3 Å². The van der Waals surface area contributed by atoms with E-state index in [-0.39, 0.29) is 0 Å². The van der Waals surface area contributed by atoms with Crippen molar-refractivity contribution in [3.8, 4) is 0 Å². The molecular weight excluding hydrogens is 284 g/mol. The van der Waals surface area contributed by atoms with Gasteiger partial charge in [-0.3, -0.25) is 0 Å². The van der Waals surface area contributed by atoms with E-state index in [0.717, 1.165) is 36.2 Å². The molecule has 0 saturated heterocycles. The number of hydrogen-bond acceptors (Lipinski definition) is 3. The minimum absolute atomic E-state index is 0.397. The van der Waals surface area contributed by atoms with E-state index in [4.69, 9.17) is 0 Å². The maximum atomic E-state index is 12.7. The second-order valence-corrected chi connectivity index (χ2v) is 7.83. The Bertz CT molecular complexity index is 569. The predicted molar refractivity (Wildman–Crippen MR) is 89.4 cm³/mol. The first kappa shape index (κ1) is 18.0. The van der Waals surface area contributed by atoms with Crippen LogP contribution < -0.4 is 10.0 Å². The van der Waals surface area contributed by atoms with Crippen molar-refractivity contribution in [3.05, 3.63) is 23.3 Å². The standard InChI is InChI=1S/C16H28N2O2S/c1-7-9-16(5,6)18-21(19,20)15-12(3)10-14(17-8-2)11-13(15)4/h10-11,17-18H,7-9H2,1-6H3. The number of aryl methyl sites for hydroxylation is 2. The summed E-state index contributed by atoms with van der Waals surface area (Å²) >= 11 is 0. The summed E-state index contributed by atoms with van der Waals surface area (Å²) in [6.07, 6.45) is 1.74. The smallest absolute Gasteiger partial charge is 0.241 e. The van der Waals surface area contributed by atoms with Gasteiger partial charge in [0.25, 0.3) is 0 Å². The summed E-state index contributed by atoms with van der Waals surface area (Å²) in [5, 5.41) is 3.22. The first-order valence-corrected chi connectivity index (χ1v) is 9.00. The fourth-order valence-corrected chi connectivity index (χ4v) is 4.67. The van der Waals surface area contributed by atoms with Gasteiger partial charge in [0, 0.05) is 17.8 Å². The van der Waals surface area contributed by atoms with Gasteiger partial charge in [0.05, 0.1) is 4.90 Å². The number of nitrogens with one attached hydrogen (secondary N) is 2. The normalized spacial score (nSPS) is 12.5. The van der Waals surface area contributed by atoms with Gasteiger partial charge in [0.15, 0.2) is 0 Å². The van der Waals surface area contributed by atoms with Gasteiger partial charge in [-0.25, -0.2) is 13.1 Å². The molecule has 21 heavy (non-hydrogen) atoms. The highest BCUT2D eigenvalue weighted by Gasteiger charge is 2.27. The van der Waals surface area contributed by atoms with Crippen LogP contribution >= 0.6 is 0 Å². The van der Waals surface area contributed by atoms with Crippen LogP contribution in [0.2, 0.25) is 0 Å². The van der Waals surface area contributed by atoms with E-state index in [9.17, 15) is 8.42 Å². The summed E-state index contributed by atoms with van der Waals surface area (Å²) in [5.74, 6) is 0. The minimum Gasteiger partial charge on any atom is -0.385 e. The minimum atomic E-state index is -3.51. The quantitative estimate of drug-likeness (QED) is 0.809. The van der Waals surface area contributed by atoms with Crippen LogP contribution in [-0.2, 0) is 10.0 Å². The molecule has 2 N–H and O–H groups in total. The van der Waals surface area contributed by atoms with Crippen LogP contribution in [0.5, 0.6) is 0 Å². The van der Waals surface area contributed by atoms with Crippen molar-refractivity contribution in [3.63, 3.8) is 0 Å². The van der Waals surface area contributed by atoms with Crippen LogP contribution in [0.1, 0.15) is 51.7 Å². The highest BCUT2D eigenvalue weighted by atomic mass is 32.2. The molecule has 0 atom stereocenters. The van der Waals surface area contributed by atoms with Crippen LogP contribution in [0, 0.1) is 13.8 Å². The molecule has 4 nitrogen and oxygen atoms in total. The molecule has 120 valence electrons. The van der Waals surface area contributed by atoms with Gasteiger partial charge in [0.1, 0.15) is 0 Å². The third-order valence-corrected chi connectivity index (χ3v) is 5.40. The van der Waals surface area contributed by atoms with Gasteiger partial charge in [-0.2, -0.15) is 0 Å². The monoisotopic (exact) mass is 312 g/mol. The average Bonchev–Trinajstić information content (AvgIpc) is 2.25. The van der Waals surface area contributed by atoms with Crippen LogP contribution in [0.25, 0.3) is 0 Å². The molecule has 0 aliphatic heterocycles. The fourth-order valence-electron chi connectivity index (χ4n) is 2.77. The van der Waals surface area contributed by atoms with Crippen molar-refractivity contribution in [2.45, 2.75) is 64.8 Å². The van der Waals surface area contributed by atoms with Crippen molar-refractivity contribution in [1.82, 2.24) is 4.72 Å². The molecule has 1 aromatic carbocycles. The Labute approximate surface area is 129 Å². The summed E-state index contributed by atoms with van der Waals surface area (Å²) in [5.41, 5.74) is 2.06. The van der Waals surface area contributed by atoms with Gasteiger partial charge in [0.2, 0.25) is 10.0 Å². The average molecular weight is 312 g/mol. The summed E-state index contributed by atoms with van der Waals surface area (Å²) < 4.78 is 28.2. The molecule has 0 saturated carbocycles. The molecule has 0 spiro atoms. The Morgan fingerprint density at radius 2 is 1.62 bits per heavy atom. The highest BCUT2D eigenvalue weighted by Crippen LogP contribution is 2.26. The van der Waals surface area contributed by atoms with E-state index in [1.54, 1.807) is 0 Å². The Morgan fingerprint density at radius 3 is 2.05 bits per heavy atom. The Balaban J connectivity index is 3.20. The zero-order valence-electron chi connectivity index (χ0n) is 14.0. The van der Waals surface area contributed by atoms with Crippen LogP contribution in [0.15, 0.2) is 17.0 Å². The number of benzene rings is 1. The zero-order valence-corrected chi connectivity index (χ0v) is 14.8. The maximum Gasteiger partial charge on any atom is 0.241 e. The third kappa shape index (κ3) is 4.71.